The number of aromatic nitrogens is 1. The number of ether oxygens (including phenoxy) is 2. The van der Waals surface area contributed by atoms with Gasteiger partial charge in [-0.25, -0.2) is 0 Å². The van der Waals surface area contributed by atoms with E-state index in [2.05, 4.69) is 4.90 Å². The number of aryl methyl sites for hydroxylation is 1. The minimum atomic E-state index is 0.0571. The van der Waals surface area contributed by atoms with Crippen LogP contribution < -0.4 is 0 Å². The number of nitrogens with zero attached hydrogens (tertiary/aromatic N) is 3. The quantitative estimate of drug-likeness (QED) is 0.676. The molecule has 2 fully saturated rings. The largest absolute Gasteiger partial charge is 0.383 e. The molecule has 3 heterocycles. The van der Waals surface area contributed by atoms with Crippen LogP contribution in [0.15, 0.2) is 12.3 Å². The monoisotopic (exact) mass is 397 g/mol. The van der Waals surface area contributed by atoms with E-state index in [0.29, 0.717) is 23.2 Å². The topological polar surface area (TPSA) is 46.9 Å². The number of rotatable bonds is 8. The number of carbonyl (C=O) groups excluding carboxylic acids is 1. The van der Waals surface area contributed by atoms with Gasteiger partial charge in [0.05, 0.1) is 17.7 Å². The van der Waals surface area contributed by atoms with Gasteiger partial charge in [-0.15, -0.1) is 0 Å². The predicted molar refractivity (Wildman–Crippen MR) is 106 cm³/mol. The van der Waals surface area contributed by atoms with Gasteiger partial charge in [0.15, 0.2) is 0 Å². The minimum absolute atomic E-state index is 0.0571. The van der Waals surface area contributed by atoms with Crippen LogP contribution in [-0.2, 0) is 16.5 Å². The van der Waals surface area contributed by atoms with Crippen molar-refractivity contribution in [3.8, 4) is 0 Å². The Morgan fingerprint density at radius 1 is 1.33 bits per heavy atom. The molecule has 2 aliphatic rings. The molecule has 1 aromatic rings. The van der Waals surface area contributed by atoms with E-state index in [1.165, 1.54) is 0 Å². The van der Waals surface area contributed by atoms with Crippen molar-refractivity contribution < 1.29 is 14.3 Å². The van der Waals surface area contributed by atoms with Crippen molar-refractivity contribution >= 4 is 17.5 Å². The lowest BCUT2D eigenvalue weighted by Crippen LogP contribution is -2.44. The summed E-state index contributed by atoms with van der Waals surface area (Å²) in [6, 6.07) is 1.76. The summed E-state index contributed by atoms with van der Waals surface area (Å²) in [7, 11) is 3.62. The second-order valence-electron chi connectivity index (χ2n) is 7.78. The zero-order valence-corrected chi connectivity index (χ0v) is 17.3. The van der Waals surface area contributed by atoms with E-state index in [0.717, 1.165) is 65.1 Å². The van der Waals surface area contributed by atoms with Gasteiger partial charge in [0.1, 0.15) is 5.69 Å². The number of piperidine rings is 1. The van der Waals surface area contributed by atoms with Crippen LogP contribution in [0.2, 0.25) is 5.02 Å². The normalized spacial score (nSPS) is 21.7. The molecule has 6 nitrogen and oxygen atoms in total. The first-order valence-corrected chi connectivity index (χ1v) is 10.4. The molecule has 0 bridgehead atoms. The fraction of sp³-hybridized carbons (Fsp3) is 0.750. The number of hydrogen-bond donors (Lipinski definition) is 0. The van der Waals surface area contributed by atoms with Crippen LogP contribution in [0.25, 0.3) is 0 Å². The summed E-state index contributed by atoms with van der Waals surface area (Å²) in [6.07, 6.45) is 6.30. The Morgan fingerprint density at radius 2 is 2.11 bits per heavy atom. The Bertz CT molecular complexity index is 608. The molecule has 3 rings (SSSR count). The molecule has 0 N–H and O–H groups in total. The fourth-order valence-corrected chi connectivity index (χ4v) is 4.35. The van der Waals surface area contributed by atoms with Crippen molar-refractivity contribution in [2.75, 3.05) is 53.0 Å². The first-order chi connectivity index (χ1) is 13.1. The third-order valence-corrected chi connectivity index (χ3v) is 5.93. The van der Waals surface area contributed by atoms with Gasteiger partial charge in [0.2, 0.25) is 0 Å². The summed E-state index contributed by atoms with van der Waals surface area (Å²) in [5.41, 5.74) is 0.649. The van der Waals surface area contributed by atoms with E-state index in [9.17, 15) is 4.79 Å². The van der Waals surface area contributed by atoms with Gasteiger partial charge in [-0.3, -0.25) is 4.79 Å². The highest BCUT2D eigenvalue weighted by atomic mass is 35.5. The molecule has 0 spiro atoms. The zero-order chi connectivity index (χ0) is 19.2. The molecule has 0 aromatic carbocycles. The Balaban J connectivity index is 1.62. The zero-order valence-electron chi connectivity index (χ0n) is 16.5. The van der Waals surface area contributed by atoms with E-state index in [1.54, 1.807) is 19.4 Å². The van der Waals surface area contributed by atoms with Crippen molar-refractivity contribution in [3.05, 3.63) is 23.0 Å². The number of likely N-dealkylation sites (tertiary alicyclic amines) is 1. The number of carbonyl (C=O) groups is 1. The van der Waals surface area contributed by atoms with E-state index in [4.69, 9.17) is 21.1 Å². The van der Waals surface area contributed by atoms with E-state index in [1.807, 2.05) is 16.5 Å². The molecule has 2 aliphatic heterocycles. The number of hydrogen-bond acceptors (Lipinski definition) is 4. The van der Waals surface area contributed by atoms with E-state index in [-0.39, 0.29) is 12.0 Å². The van der Waals surface area contributed by atoms with Crippen molar-refractivity contribution in [2.45, 2.75) is 31.8 Å². The average Bonchev–Trinajstić information content (AvgIpc) is 3.29. The van der Waals surface area contributed by atoms with Crippen LogP contribution in [0.3, 0.4) is 0 Å². The number of amides is 1. The highest BCUT2D eigenvalue weighted by Gasteiger charge is 2.28. The Morgan fingerprint density at radius 3 is 2.70 bits per heavy atom. The average molecular weight is 398 g/mol. The Labute approximate surface area is 167 Å². The van der Waals surface area contributed by atoms with Gasteiger partial charge >= 0.3 is 0 Å². The predicted octanol–water partition coefficient (Wildman–Crippen LogP) is 2.66. The van der Waals surface area contributed by atoms with Gasteiger partial charge in [-0.2, -0.15) is 0 Å². The van der Waals surface area contributed by atoms with Crippen molar-refractivity contribution in [2.24, 2.45) is 13.0 Å². The van der Waals surface area contributed by atoms with Crippen LogP contribution in [-0.4, -0.2) is 79.4 Å². The summed E-state index contributed by atoms with van der Waals surface area (Å²) in [5.74, 6) is 0.589. The molecular formula is C20H32ClN3O3. The van der Waals surface area contributed by atoms with Gasteiger partial charge in [-0.05, 0) is 50.8 Å². The molecule has 0 unspecified atom stereocenters. The molecule has 2 saturated heterocycles. The standard InChI is InChI=1S/C20H32ClN3O3/c1-22-14-17(21)12-19(22)20(25)24(15-18-4-3-10-27-18)13-16-5-7-23(8-6-16)9-11-26-2/h12,14,16,18H,3-11,13,15H2,1-2H3/t18-/m1/s1. The number of methoxy groups -OCH3 is 1. The highest BCUT2D eigenvalue weighted by molar-refractivity contribution is 6.31. The van der Waals surface area contributed by atoms with Crippen molar-refractivity contribution in [1.82, 2.24) is 14.4 Å². The maximum Gasteiger partial charge on any atom is 0.270 e. The maximum absolute atomic E-state index is 13.2. The molecule has 0 saturated carbocycles. The third-order valence-electron chi connectivity index (χ3n) is 5.72. The SMILES string of the molecule is COCCN1CCC(CN(C[C@H]2CCCO2)C(=O)c2cc(Cl)cn2C)CC1. The van der Waals surface area contributed by atoms with E-state index >= 15 is 0 Å². The summed E-state index contributed by atoms with van der Waals surface area (Å²) < 4.78 is 12.8. The first-order valence-electron chi connectivity index (χ1n) is 10.0. The highest BCUT2D eigenvalue weighted by Crippen LogP contribution is 2.23. The molecule has 1 amide bonds. The van der Waals surface area contributed by atoms with Crippen molar-refractivity contribution in [3.63, 3.8) is 0 Å². The number of halogens is 1. The van der Waals surface area contributed by atoms with Gasteiger partial charge in [0.25, 0.3) is 5.91 Å². The third kappa shape index (κ3) is 5.70. The summed E-state index contributed by atoms with van der Waals surface area (Å²) in [4.78, 5) is 17.7. The lowest BCUT2D eigenvalue weighted by Gasteiger charge is -2.35. The maximum atomic E-state index is 13.2. The van der Waals surface area contributed by atoms with E-state index < -0.39 is 0 Å². The summed E-state index contributed by atoms with van der Waals surface area (Å²) in [5, 5.41) is 0.601. The van der Waals surface area contributed by atoms with Crippen molar-refractivity contribution in [1.29, 1.82) is 0 Å². The van der Waals surface area contributed by atoms with Gasteiger partial charge in [-0.1, -0.05) is 11.6 Å². The molecule has 152 valence electrons. The van der Waals surface area contributed by atoms with Crippen LogP contribution in [0.1, 0.15) is 36.2 Å². The summed E-state index contributed by atoms with van der Waals surface area (Å²) >= 11 is 6.10. The fourth-order valence-electron chi connectivity index (χ4n) is 4.10. The second kappa shape index (κ2) is 9.92. The molecule has 0 radical (unpaired) electrons. The van der Waals surface area contributed by atoms with Crippen LogP contribution in [0, 0.1) is 5.92 Å². The van der Waals surface area contributed by atoms with Crippen LogP contribution >= 0.6 is 11.6 Å². The Kier molecular flexibility index (Phi) is 7.58. The molecule has 0 aliphatic carbocycles. The van der Waals surface area contributed by atoms with Crippen LogP contribution in [0.5, 0.6) is 0 Å². The van der Waals surface area contributed by atoms with Gasteiger partial charge < -0.3 is 23.8 Å². The van der Waals surface area contributed by atoms with Crippen LogP contribution in [0.4, 0.5) is 0 Å². The molecule has 27 heavy (non-hydrogen) atoms. The summed E-state index contributed by atoms with van der Waals surface area (Å²) in [6.45, 7) is 6.19. The minimum Gasteiger partial charge on any atom is -0.383 e. The lowest BCUT2D eigenvalue weighted by molar-refractivity contribution is 0.0430. The first kappa shape index (κ1) is 20.6. The second-order valence-corrected chi connectivity index (χ2v) is 8.21. The lowest BCUT2D eigenvalue weighted by atomic mass is 9.95. The molecule has 7 heteroatoms. The molecule has 1 aromatic heterocycles. The smallest absolute Gasteiger partial charge is 0.270 e. The Hall–Kier alpha value is -1.08. The van der Waals surface area contributed by atoms with Gasteiger partial charge in [0, 0.05) is 46.6 Å². The molecule has 1 atom stereocenters. The molecular weight excluding hydrogens is 366 g/mol.